The van der Waals surface area contributed by atoms with E-state index in [9.17, 15) is 4.79 Å². The Balaban J connectivity index is 1.32. The predicted molar refractivity (Wildman–Crippen MR) is 128 cm³/mol. The Hall–Kier alpha value is -3.22. The van der Waals surface area contributed by atoms with Gasteiger partial charge in [0.15, 0.2) is 5.96 Å². The van der Waals surface area contributed by atoms with Gasteiger partial charge in [-0.1, -0.05) is 24.3 Å². The van der Waals surface area contributed by atoms with E-state index in [1.165, 1.54) is 16.8 Å². The van der Waals surface area contributed by atoms with Gasteiger partial charge in [-0.05, 0) is 41.8 Å². The highest BCUT2D eigenvalue weighted by Crippen LogP contribution is 2.21. The molecule has 0 spiro atoms. The standard InChI is InChI=1S/C25H33N5O2/c1-26-25(29-16-14-28(15-17-29)22-9-11-23(32-2)12-10-22)27-18-20-6-3-4-7-21(20)19-30-13-5-8-24(30)31/h3-4,6-7,9-12H,5,8,13-19H2,1-2H3,(H,26,27). The molecule has 2 aromatic carbocycles. The Morgan fingerprint density at radius 3 is 2.34 bits per heavy atom. The fourth-order valence-electron chi connectivity index (χ4n) is 4.44. The molecule has 0 aliphatic carbocycles. The molecule has 0 aromatic heterocycles. The molecule has 32 heavy (non-hydrogen) atoms. The maximum Gasteiger partial charge on any atom is 0.222 e. The fraction of sp³-hybridized carbons (Fsp3) is 0.440. The summed E-state index contributed by atoms with van der Waals surface area (Å²) in [5.41, 5.74) is 3.64. The molecular formula is C25H33N5O2. The van der Waals surface area contributed by atoms with Crippen LogP contribution in [0.1, 0.15) is 24.0 Å². The van der Waals surface area contributed by atoms with Gasteiger partial charge in [-0.25, -0.2) is 0 Å². The van der Waals surface area contributed by atoms with E-state index in [-0.39, 0.29) is 5.91 Å². The lowest BCUT2D eigenvalue weighted by atomic mass is 10.1. The third-order valence-electron chi connectivity index (χ3n) is 6.32. The van der Waals surface area contributed by atoms with Crippen molar-refractivity contribution in [3.63, 3.8) is 0 Å². The average Bonchev–Trinajstić information content (AvgIpc) is 3.25. The van der Waals surface area contributed by atoms with E-state index in [1.807, 2.05) is 30.1 Å². The number of hydrogen-bond donors (Lipinski definition) is 1. The van der Waals surface area contributed by atoms with E-state index in [2.05, 4.69) is 50.4 Å². The van der Waals surface area contributed by atoms with Crippen LogP contribution in [-0.2, 0) is 17.9 Å². The molecule has 2 aromatic rings. The highest BCUT2D eigenvalue weighted by atomic mass is 16.5. The van der Waals surface area contributed by atoms with Gasteiger partial charge in [-0.15, -0.1) is 0 Å². The summed E-state index contributed by atoms with van der Waals surface area (Å²) >= 11 is 0. The lowest BCUT2D eigenvalue weighted by molar-refractivity contribution is -0.128. The third-order valence-corrected chi connectivity index (χ3v) is 6.32. The summed E-state index contributed by atoms with van der Waals surface area (Å²) in [5, 5.41) is 3.54. The van der Waals surface area contributed by atoms with Crippen molar-refractivity contribution in [3.05, 3.63) is 59.7 Å². The molecule has 4 rings (SSSR count). The molecule has 2 fully saturated rings. The second kappa shape index (κ2) is 10.4. The molecule has 7 nitrogen and oxygen atoms in total. The summed E-state index contributed by atoms with van der Waals surface area (Å²) < 4.78 is 5.26. The van der Waals surface area contributed by atoms with Gasteiger partial charge in [0.1, 0.15) is 5.75 Å². The van der Waals surface area contributed by atoms with Crippen LogP contribution in [0.5, 0.6) is 5.75 Å². The molecule has 0 saturated carbocycles. The quantitative estimate of drug-likeness (QED) is 0.559. The van der Waals surface area contributed by atoms with Crippen LogP contribution in [-0.4, -0.2) is 68.5 Å². The summed E-state index contributed by atoms with van der Waals surface area (Å²) in [5.74, 6) is 2.07. The number of piperazine rings is 1. The van der Waals surface area contributed by atoms with Crippen LogP contribution >= 0.6 is 0 Å². The van der Waals surface area contributed by atoms with Gasteiger partial charge in [-0.2, -0.15) is 0 Å². The van der Waals surface area contributed by atoms with Crippen LogP contribution < -0.4 is 15.0 Å². The second-order valence-electron chi connectivity index (χ2n) is 8.26. The number of hydrogen-bond acceptors (Lipinski definition) is 4. The Morgan fingerprint density at radius 2 is 1.72 bits per heavy atom. The molecule has 0 unspecified atom stereocenters. The number of amides is 1. The lowest BCUT2D eigenvalue weighted by Gasteiger charge is -2.37. The summed E-state index contributed by atoms with van der Waals surface area (Å²) in [6, 6.07) is 16.6. The first-order valence-corrected chi connectivity index (χ1v) is 11.4. The van der Waals surface area contributed by atoms with Gasteiger partial charge in [0.25, 0.3) is 0 Å². The number of guanidine groups is 1. The lowest BCUT2D eigenvalue weighted by Crippen LogP contribution is -2.52. The van der Waals surface area contributed by atoms with Crippen LogP contribution in [0.25, 0.3) is 0 Å². The first-order valence-electron chi connectivity index (χ1n) is 11.4. The number of nitrogens with one attached hydrogen (secondary N) is 1. The Morgan fingerprint density at radius 1 is 1.00 bits per heavy atom. The maximum atomic E-state index is 12.0. The van der Waals surface area contributed by atoms with Crippen LogP contribution in [0.4, 0.5) is 5.69 Å². The smallest absolute Gasteiger partial charge is 0.222 e. The van der Waals surface area contributed by atoms with E-state index in [0.717, 1.165) is 50.9 Å². The Labute approximate surface area is 190 Å². The summed E-state index contributed by atoms with van der Waals surface area (Å²) in [7, 11) is 3.53. The van der Waals surface area contributed by atoms with E-state index in [4.69, 9.17) is 4.74 Å². The molecule has 1 N–H and O–H groups in total. The van der Waals surface area contributed by atoms with Gasteiger partial charge in [0.2, 0.25) is 5.91 Å². The first-order chi connectivity index (χ1) is 15.7. The highest BCUT2D eigenvalue weighted by Gasteiger charge is 2.22. The molecule has 0 atom stereocenters. The molecule has 0 radical (unpaired) electrons. The summed E-state index contributed by atoms with van der Waals surface area (Å²) in [6.07, 6.45) is 1.64. The van der Waals surface area contributed by atoms with Crippen LogP contribution in [0.2, 0.25) is 0 Å². The number of carbonyl (C=O) groups excluding carboxylic acids is 1. The zero-order valence-electron chi connectivity index (χ0n) is 19.1. The maximum absolute atomic E-state index is 12.0. The number of rotatable bonds is 6. The predicted octanol–water partition coefficient (Wildman–Crippen LogP) is 2.72. The zero-order chi connectivity index (χ0) is 22.3. The molecule has 2 heterocycles. The molecule has 0 bridgehead atoms. The van der Waals surface area contributed by atoms with Crippen molar-refractivity contribution in [2.75, 3.05) is 51.8 Å². The second-order valence-corrected chi connectivity index (χ2v) is 8.26. The minimum absolute atomic E-state index is 0.262. The number of methoxy groups -OCH3 is 1. The summed E-state index contributed by atoms with van der Waals surface area (Å²) in [6.45, 7) is 5.97. The molecule has 2 aliphatic rings. The van der Waals surface area contributed by atoms with Crippen molar-refractivity contribution >= 4 is 17.6 Å². The Bertz CT molecular complexity index is 936. The molecule has 1 amide bonds. The number of benzene rings is 2. The van der Waals surface area contributed by atoms with E-state index in [0.29, 0.717) is 19.5 Å². The Kier molecular flexibility index (Phi) is 7.14. The minimum atomic E-state index is 0.262. The van der Waals surface area contributed by atoms with E-state index in [1.54, 1.807) is 7.11 Å². The number of likely N-dealkylation sites (tertiary alicyclic amines) is 1. The van der Waals surface area contributed by atoms with Gasteiger partial charge >= 0.3 is 0 Å². The SMILES string of the molecule is CN=C(NCc1ccccc1CN1CCCC1=O)N1CCN(c2ccc(OC)cc2)CC1. The van der Waals surface area contributed by atoms with Gasteiger partial charge in [0.05, 0.1) is 7.11 Å². The number of nitrogens with zero attached hydrogens (tertiary/aromatic N) is 4. The van der Waals surface area contributed by atoms with Crippen molar-refractivity contribution in [2.45, 2.75) is 25.9 Å². The molecule has 7 heteroatoms. The normalized spacial score (nSPS) is 17.1. The van der Waals surface area contributed by atoms with E-state index >= 15 is 0 Å². The fourth-order valence-corrected chi connectivity index (χ4v) is 4.44. The topological polar surface area (TPSA) is 60.4 Å². The first kappa shape index (κ1) is 22.0. The molecule has 2 aliphatic heterocycles. The van der Waals surface area contributed by atoms with Crippen LogP contribution in [0, 0.1) is 0 Å². The molecular weight excluding hydrogens is 402 g/mol. The van der Waals surface area contributed by atoms with Gasteiger partial charge in [0, 0.05) is 65.0 Å². The highest BCUT2D eigenvalue weighted by molar-refractivity contribution is 5.80. The van der Waals surface area contributed by atoms with Crippen molar-refractivity contribution in [1.29, 1.82) is 0 Å². The van der Waals surface area contributed by atoms with E-state index < -0.39 is 0 Å². The van der Waals surface area contributed by atoms with Crippen molar-refractivity contribution < 1.29 is 9.53 Å². The van der Waals surface area contributed by atoms with Crippen molar-refractivity contribution in [1.82, 2.24) is 15.1 Å². The van der Waals surface area contributed by atoms with Crippen molar-refractivity contribution in [2.24, 2.45) is 4.99 Å². The van der Waals surface area contributed by atoms with Crippen LogP contribution in [0.15, 0.2) is 53.5 Å². The summed E-state index contributed by atoms with van der Waals surface area (Å²) in [4.78, 5) is 23.2. The third kappa shape index (κ3) is 5.15. The van der Waals surface area contributed by atoms with Crippen molar-refractivity contribution in [3.8, 4) is 5.75 Å². The molecule has 170 valence electrons. The van der Waals surface area contributed by atoms with Gasteiger partial charge in [-0.3, -0.25) is 9.79 Å². The average molecular weight is 436 g/mol. The number of aliphatic imine (C=N–C) groups is 1. The monoisotopic (exact) mass is 435 g/mol. The van der Waals surface area contributed by atoms with Crippen LogP contribution in [0.3, 0.4) is 0 Å². The minimum Gasteiger partial charge on any atom is -0.497 e. The number of ether oxygens (including phenoxy) is 1. The van der Waals surface area contributed by atoms with Gasteiger partial charge < -0.3 is 24.8 Å². The number of carbonyl (C=O) groups is 1. The number of anilines is 1. The largest absolute Gasteiger partial charge is 0.497 e. The zero-order valence-corrected chi connectivity index (χ0v) is 19.1. The molecule has 2 saturated heterocycles.